The highest BCUT2D eigenvalue weighted by Crippen LogP contribution is 2.38. The van der Waals surface area contributed by atoms with E-state index in [-0.39, 0.29) is 11.7 Å². The van der Waals surface area contributed by atoms with Gasteiger partial charge in [0.05, 0.1) is 7.11 Å². The second-order valence-corrected chi connectivity index (χ2v) is 6.74. The van der Waals surface area contributed by atoms with Crippen LogP contribution in [0.2, 0.25) is 0 Å². The molecule has 0 spiro atoms. The summed E-state index contributed by atoms with van der Waals surface area (Å²) >= 11 is 0. The molecule has 1 unspecified atom stereocenters. The van der Waals surface area contributed by atoms with Crippen molar-refractivity contribution in [3.8, 4) is 16.9 Å². The summed E-state index contributed by atoms with van der Waals surface area (Å²) in [7, 11) is 1.64. The lowest BCUT2D eigenvalue weighted by Crippen LogP contribution is -2.23. The molecule has 25 heavy (non-hydrogen) atoms. The third-order valence-corrected chi connectivity index (χ3v) is 5.11. The molecule has 3 nitrogen and oxygen atoms in total. The molecule has 1 fully saturated rings. The van der Waals surface area contributed by atoms with Gasteiger partial charge >= 0.3 is 0 Å². The SMILES string of the molecule is COc1cc2c(c(-c3ccc(F)cc3)c1)CC1CCNC(=O)C(=C2)C1. The Morgan fingerprint density at radius 1 is 1.16 bits per heavy atom. The zero-order chi connectivity index (χ0) is 17.4. The minimum absolute atomic E-state index is 0.0292. The van der Waals surface area contributed by atoms with E-state index in [9.17, 15) is 9.18 Å². The predicted molar refractivity (Wildman–Crippen MR) is 95.8 cm³/mol. The molecule has 1 amide bonds. The van der Waals surface area contributed by atoms with Gasteiger partial charge in [0.2, 0.25) is 5.91 Å². The van der Waals surface area contributed by atoms with E-state index in [1.807, 2.05) is 18.2 Å². The Morgan fingerprint density at radius 3 is 2.72 bits per heavy atom. The van der Waals surface area contributed by atoms with Crippen LogP contribution in [-0.2, 0) is 11.2 Å². The highest BCUT2D eigenvalue weighted by atomic mass is 19.1. The van der Waals surface area contributed by atoms with Crippen LogP contribution in [0.5, 0.6) is 5.75 Å². The average Bonchev–Trinajstić information content (AvgIpc) is 2.91. The summed E-state index contributed by atoms with van der Waals surface area (Å²) in [6.45, 7) is 0.720. The summed E-state index contributed by atoms with van der Waals surface area (Å²) < 4.78 is 18.8. The first kappa shape index (κ1) is 15.9. The summed E-state index contributed by atoms with van der Waals surface area (Å²) in [6.07, 6.45) is 4.66. The van der Waals surface area contributed by atoms with Crippen molar-refractivity contribution in [2.75, 3.05) is 13.7 Å². The van der Waals surface area contributed by atoms with Gasteiger partial charge in [-0.3, -0.25) is 4.79 Å². The number of fused-ring (bicyclic) bond motifs is 3. The molecule has 4 rings (SSSR count). The maximum absolute atomic E-state index is 13.3. The first-order valence-corrected chi connectivity index (χ1v) is 8.59. The molecular weight excluding hydrogens is 317 g/mol. The van der Waals surface area contributed by atoms with E-state index >= 15 is 0 Å². The summed E-state index contributed by atoms with van der Waals surface area (Å²) in [5, 5.41) is 2.98. The first-order valence-electron chi connectivity index (χ1n) is 8.59. The lowest BCUT2D eigenvalue weighted by molar-refractivity contribution is -0.117. The van der Waals surface area contributed by atoms with E-state index in [1.54, 1.807) is 19.2 Å². The number of hydrogen-bond donors (Lipinski definition) is 1. The molecule has 0 aromatic heterocycles. The van der Waals surface area contributed by atoms with Crippen molar-refractivity contribution in [2.45, 2.75) is 19.3 Å². The summed E-state index contributed by atoms with van der Waals surface area (Å²) in [6, 6.07) is 10.6. The average molecular weight is 337 g/mol. The number of rotatable bonds is 2. The fourth-order valence-corrected chi connectivity index (χ4v) is 3.81. The number of nitrogens with one attached hydrogen (secondary N) is 1. The summed E-state index contributed by atoms with van der Waals surface area (Å²) in [5.41, 5.74) is 5.08. The van der Waals surface area contributed by atoms with Crippen LogP contribution in [0.3, 0.4) is 0 Å². The zero-order valence-corrected chi connectivity index (χ0v) is 14.1. The minimum atomic E-state index is -0.246. The Morgan fingerprint density at radius 2 is 1.96 bits per heavy atom. The molecule has 1 heterocycles. The van der Waals surface area contributed by atoms with Crippen molar-refractivity contribution in [1.82, 2.24) is 5.32 Å². The normalized spacial score (nSPS) is 19.2. The first-order chi connectivity index (χ1) is 12.1. The van der Waals surface area contributed by atoms with E-state index in [1.165, 1.54) is 17.7 Å². The molecule has 0 saturated carbocycles. The van der Waals surface area contributed by atoms with Gasteiger partial charge in [-0.15, -0.1) is 0 Å². The zero-order valence-electron chi connectivity index (χ0n) is 14.1. The smallest absolute Gasteiger partial charge is 0.247 e. The summed E-state index contributed by atoms with van der Waals surface area (Å²) in [4.78, 5) is 12.3. The van der Waals surface area contributed by atoms with Crippen LogP contribution in [0.25, 0.3) is 17.2 Å². The molecule has 2 aromatic rings. The van der Waals surface area contributed by atoms with Crippen LogP contribution in [0.1, 0.15) is 24.0 Å². The van der Waals surface area contributed by atoms with Crippen LogP contribution in [0, 0.1) is 11.7 Å². The van der Waals surface area contributed by atoms with Gasteiger partial charge in [0.1, 0.15) is 11.6 Å². The van der Waals surface area contributed by atoms with Crippen LogP contribution < -0.4 is 10.1 Å². The second-order valence-electron chi connectivity index (χ2n) is 6.74. The number of methoxy groups -OCH3 is 1. The highest BCUT2D eigenvalue weighted by Gasteiger charge is 2.26. The fourth-order valence-electron chi connectivity index (χ4n) is 3.81. The van der Waals surface area contributed by atoms with Crippen molar-refractivity contribution >= 4 is 12.0 Å². The van der Waals surface area contributed by atoms with Crippen molar-refractivity contribution in [3.63, 3.8) is 0 Å². The van der Waals surface area contributed by atoms with Gasteiger partial charge in [-0.25, -0.2) is 4.39 Å². The van der Waals surface area contributed by atoms with Gasteiger partial charge in [0, 0.05) is 12.1 Å². The van der Waals surface area contributed by atoms with Gasteiger partial charge in [-0.05, 0) is 77.8 Å². The Labute approximate surface area is 146 Å². The van der Waals surface area contributed by atoms with E-state index in [4.69, 9.17) is 4.74 Å². The second kappa shape index (κ2) is 6.36. The maximum atomic E-state index is 13.3. The Hall–Kier alpha value is -2.62. The number of carbonyl (C=O) groups excluding carboxylic acids is 1. The van der Waals surface area contributed by atoms with Crippen molar-refractivity contribution in [2.24, 2.45) is 5.92 Å². The molecule has 1 saturated heterocycles. The lowest BCUT2D eigenvalue weighted by atomic mass is 9.88. The summed E-state index contributed by atoms with van der Waals surface area (Å²) in [5.74, 6) is 0.953. The number of halogens is 1. The van der Waals surface area contributed by atoms with Crippen LogP contribution >= 0.6 is 0 Å². The number of hydrogen-bond acceptors (Lipinski definition) is 2. The van der Waals surface area contributed by atoms with Gasteiger partial charge < -0.3 is 10.1 Å². The fraction of sp³-hybridized carbons (Fsp3) is 0.286. The Kier molecular flexibility index (Phi) is 4.04. The van der Waals surface area contributed by atoms with Crippen molar-refractivity contribution < 1.29 is 13.9 Å². The van der Waals surface area contributed by atoms with Crippen LogP contribution in [0.15, 0.2) is 42.0 Å². The lowest BCUT2D eigenvalue weighted by Gasteiger charge is -2.18. The molecule has 4 heteroatoms. The van der Waals surface area contributed by atoms with E-state index in [2.05, 4.69) is 5.32 Å². The van der Waals surface area contributed by atoms with E-state index in [0.29, 0.717) is 5.92 Å². The van der Waals surface area contributed by atoms with Gasteiger partial charge in [0.15, 0.2) is 0 Å². The molecule has 128 valence electrons. The molecule has 2 aliphatic rings. The predicted octanol–water partition coefficient (Wildman–Crippen LogP) is 3.97. The monoisotopic (exact) mass is 337 g/mol. The standard InChI is InChI=1S/C21H20FNO2/c1-25-18-11-15-10-16-8-13(6-7-23-21(16)24)9-19(15)20(12-18)14-2-4-17(22)5-3-14/h2-5,10-13H,6-9H2,1H3,(H,23,24). The third-order valence-electron chi connectivity index (χ3n) is 5.11. The number of amides is 1. The molecule has 1 N–H and O–H groups in total. The minimum Gasteiger partial charge on any atom is -0.497 e. The van der Waals surface area contributed by atoms with Crippen molar-refractivity contribution in [3.05, 3.63) is 58.9 Å². The Balaban J connectivity index is 1.91. The van der Waals surface area contributed by atoms with Gasteiger partial charge in [-0.1, -0.05) is 12.1 Å². The molecule has 0 radical (unpaired) electrons. The van der Waals surface area contributed by atoms with Gasteiger partial charge in [0.25, 0.3) is 0 Å². The molecule has 2 aromatic carbocycles. The quantitative estimate of drug-likeness (QED) is 0.900. The number of ether oxygens (including phenoxy) is 1. The topological polar surface area (TPSA) is 38.3 Å². The Bertz CT molecular complexity index is 855. The molecule has 1 aliphatic heterocycles. The largest absolute Gasteiger partial charge is 0.497 e. The van der Waals surface area contributed by atoms with Crippen LogP contribution in [-0.4, -0.2) is 19.6 Å². The van der Waals surface area contributed by atoms with Crippen LogP contribution in [0.4, 0.5) is 4.39 Å². The molecule has 1 atom stereocenters. The molecular formula is C21H20FNO2. The van der Waals surface area contributed by atoms with Crippen molar-refractivity contribution in [1.29, 1.82) is 0 Å². The van der Waals surface area contributed by atoms with E-state index < -0.39 is 0 Å². The van der Waals surface area contributed by atoms with Gasteiger partial charge in [-0.2, -0.15) is 0 Å². The maximum Gasteiger partial charge on any atom is 0.247 e. The molecule has 1 aliphatic carbocycles. The molecule has 2 bridgehead atoms. The number of benzene rings is 2. The number of carbonyl (C=O) groups is 1. The highest BCUT2D eigenvalue weighted by molar-refractivity contribution is 5.99. The van der Waals surface area contributed by atoms with E-state index in [0.717, 1.165) is 53.8 Å². The third kappa shape index (κ3) is 3.04.